The summed E-state index contributed by atoms with van der Waals surface area (Å²) in [5, 5.41) is 0. The molecule has 0 spiro atoms. The predicted molar refractivity (Wildman–Crippen MR) is 53.1 cm³/mol. The minimum absolute atomic E-state index is 0.300. The first-order valence-corrected chi connectivity index (χ1v) is 8.20. The second-order valence-electron chi connectivity index (χ2n) is 5.13. The highest BCUT2D eigenvalue weighted by molar-refractivity contribution is 6.80. The fourth-order valence-electron chi connectivity index (χ4n) is 1.75. The Kier molecular flexibility index (Phi) is 4.37. The second kappa shape index (κ2) is 4.44. The Balaban J connectivity index is 5.39. The van der Waals surface area contributed by atoms with Gasteiger partial charge >= 0.3 is 12.1 Å². The molecule has 0 nitrogen and oxygen atoms in total. The Morgan fingerprint density at radius 1 is 0.882 bits per heavy atom. The van der Waals surface area contributed by atoms with Crippen LogP contribution in [0, 0.1) is 5.92 Å². The van der Waals surface area contributed by atoms with Crippen LogP contribution >= 0.6 is 0 Å². The van der Waals surface area contributed by atoms with Crippen molar-refractivity contribution in [2.75, 3.05) is 0 Å². The van der Waals surface area contributed by atoms with Crippen LogP contribution in [0.25, 0.3) is 0 Å². The van der Waals surface area contributed by atoms with E-state index in [0.717, 1.165) is 13.1 Å². The molecule has 0 radical (unpaired) electrons. The first-order valence-electron chi connectivity index (χ1n) is 4.99. The lowest BCUT2D eigenvalue weighted by Gasteiger charge is -2.38. The van der Waals surface area contributed by atoms with E-state index in [9.17, 15) is 30.7 Å². The molecule has 0 saturated heterocycles. The SMILES string of the molecule is CC(C)C[Si](C)(C)C(F)(F)C(F)(F)C(F)(F)F. The average Bonchev–Trinajstić information content (AvgIpc) is 1.98. The van der Waals surface area contributed by atoms with Crippen molar-refractivity contribution < 1.29 is 30.7 Å². The van der Waals surface area contributed by atoms with Gasteiger partial charge in [-0.25, -0.2) is 8.78 Å². The molecule has 0 aromatic heterocycles. The van der Waals surface area contributed by atoms with Crippen LogP contribution in [0.5, 0.6) is 0 Å². The Labute approximate surface area is 96.2 Å². The van der Waals surface area contributed by atoms with Gasteiger partial charge in [0.2, 0.25) is 0 Å². The van der Waals surface area contributed by atoms with Gasteiger partial charge in [0.15, 0.2) is 0 Å². The van der Waals surface area contributed by atoms with E-state index in [2.05, 4.69) is 0 Å². The zero-order valence-electron chi connectivity index (χ0n) is 9.93. The molecule has 0 fully saturated rings. The van der Waals surface area contributed by atoms with Gasteiger partial charge in [0.05, 0.1) is 0 Å². The lowest BCUT2D eigenvalue weighted by molar-refractivity contribution is -0.335. The number of rotatable bonds is 4. The van der Waals surface area contributed by atoms with Crippen molar-refractivity contribution in [3.05, 3.63) is 0 Å². The lowest BCUT2D eigenvalue weighted by atomic mass is 10.3. The fourth-order valence-corrected chi connectivity index (χ4v) is 5.04. The molecule has 0 amide bonds. The van der Waals surface area contributed by atoms with Gasteiger partial charge in [0.25, 0.3) is 5.55 Å². The van der Waals surface area contributed by atoms with Crippen molar-refractivity contribution in [3.63, 3.8) is 0 Å². The molecule has 0 saturated carbocycles. The van der Waals surface area contributed by atoms with E-state index in [0.29, 0.717) is 0 Å². The Morgan fingerprint density at radius 2 is 1.24 bits per heavy atom. The maximum Gasteiger partial charge on any atom is 0.459 e. The van der Waals surface area contributed by atoms with Crippen molar-refractivity contribution in [3.8, 4) is 0 Å². The van der Waals surface area contributed by atoms with E-state index in [1.54, 1.807) is 0 Å². The van der Waals surface area contributed by atoms with Crippen molar-refractivity contribution in [1.82, 2.24) is 0 Å². The Bertz CT molecular complexity index is 267. The molecule has 0 aromatic rings. The summed E-state index contributed by atoms with van der Waals surface area (Å²) in [7, 11) is -4.04. The third-order valence-electron chi connectivity index (χ3n) is 2.52. The normalized spacial score (nSPS) is 15.5. The maximum atomic E-state index is 13.4. The van der Waals surface area contributed by atoms with Crippen molar-refractivity contribution >= 4 is 8.07 Å². The van der Waals surface area contributed by atoms with Gasteiger partial charge in [-0.1, -0.05) is 26.9 Å². The minimum atomic E-state index is -6.22. The van der Waals surface area contributed by atoms with Crippen LogP contribution in [-0.2, 0) is 0 Å². The van der Waals surface area contributed by atoms with Crippen molar-refractivity contribution in [2.24, 2.45) is 5.92 Å². The van der Waals surface area contributed by atoms with Gasteiger partial charge in [-0.3, -0.25) is 0 Å². The molecule has 0 atom stereocenters. The van der Waals surface area contributed by atoms with Crippen LogP contribution in [0.2, 0.25) is 19.1 Å². The van der Waals surface area contributed by atoms with Crippen LogP contribution in [0.4, 0.5) is 30.7 Å². The quantitative estimate of drug-likeness (QED) is 0.517. The molecule has 0 N–H and O–H groups in total. The van der Waals surface area contributed by atoms with Gasteiger partial charge in [0, 0.05) is 0 Å². The molecular weight excluding hydrogens is 269 g/mol. The summed E-state index contributed by atoms with van der Waals surface area (Å²) in [6.07, 6.45) is -6.22. The first kappa shape index (κ1) is 16.7. The molecular formula is C9H15F7Si. The zero-order valence-corrected chi connectivity index (χ0v) is 10.9. The summed E-state index contributed by atoms with van der Waals surface area (Å²) in [6, 6.07) is -0.300. The number of halogens is 7. The smallest absolute Gasteiger partial charge is 0.205 e. The fraction of sp³-hybridized carbons (Fsp3) is 1.00. The van der Waals surface area contributed by atoms with Crippen molar-refractivity contribution in [2.45, 2.75) is 50.6 Å². The van der Waals surface area contributed by atoms with Gasteiger partial charge in [0.1, 0.15) is 8.07 Å². The van der Waals surface area contributed by atoms with E-state index in [-0.39, 0.29) is 12.0 Å². The van der Waals surface area contributed by atoms with Crippen LogP contribution in [0.1, 0.15) is 13.8 Å². The summed E-state index contributed by atoms with van der Waals surface area (Å²) in [6.45, 7) is 4.73. The van der Waals surface area contributed by atoms with Crippen LogP contribution in [-0.4, -0.2) is 25.7 Å². The van der Waals surface area contributed by atoms with E-state index >= 15 is 0 Å². The lowest BCUT2D eigenvalue weighted by Crippen LogP contribution is -2.64. The predicted octanol–water partition coefficient (Wildman–Crippen LogP) is 4.72. The Hall–Kier alpha value is -0.273. The topological polar surface area (TPSA) is 0 Å². The molecule has 0 rings (SSSR count). The summed E-state index contributed by atoms with van der Waals surface area (Å²) in [5.74, 6) is -6.32. The van der Waals surface area contributed by atoms with Gasteiger partial charge in [-0.05, 0) is 12.0 Å². The van der Waals surface area contributed by atoms with E-state index < -0.39 is 25.7 Å². The van der Waals surface area contributed by atoms with Crippen LogP contribution in [0.15, 0.2) is 0 Å². The van der Waals surface area contributed by atoms with E-state index in [1.165, 1.54) is 13.8 Å². The highest BCUT2D eigenvalue weighted by Gasteiger charge is 2.77. The molecule has 0 aliphatic heterocycles. The first-order chi connectivity index (χ1) is 7.17. The third kappa shape index (κ3) is 2.94. The number of alkyl halides is 7. The Morgan fingerprint density at radius 3 is 1.47 bits per heavy atom. The summed E-state index contributed by atoms with van der Waals surface area (Å²) in [4.78, 5) is 0. The van der Waals surface area contributed by atoms with E-state index in [1.807, 2.05) is 0 Å². The number of hydrogen-bond acceptors (Lipinski definition) is 0. The van der Waals surface area contributed by atoms with Gasteiger partial charge in [-0.2, -0.15) is 22.0 Å². The largest absolute Gasteiger partial charge is 0.459 e. The number of hydrogen-bond donors (Lipinski definition) is 0. The zero-order chi connectivity index (χ0) is 14.3. The monoisotopic (exact) mass is 284 g/mol. The molecule has 0 unspecified atom stereocenters. The highest BCUT2D eigenvalue weighted by Crippen LogP contribution is 2.51. The maximum absolute atomic E-state index is 13.4. The van der Waals surface area contributed by atoms with Gasteiger partial charge in [-0.15, -0.1) is 0 Å². The molecule has 17 heavy (non-hydrogen) atoms. The second-order valence-corrected chi connectivity index (χ2v) is 9.93. The molecule has 104 valence electrons. The summed E-state index contributed by atoms with van der Waals surface area (Å²) < 4.78 is 88.5. The molecule has 0 aliphatic carbocycles. The van der Waals surface area contributed by atoms with Crippen molar-refractivity contribution in [1.29, 1.82) is 0 Å². The average molecular weight is 284 g/mol. The minimum Gasteiger partial charge on any atom is -0.205 e. The molecule has 0 aliphatic rings. The third-order valence-corrected chi connectivity index (χ3v) is 6.37. The summed E-state index contributed by atoms with van der Waals surface area (Å²) in [5.41, 5.74) is -5.01. The highest BCUT2D eigenvalue weighted by atomic mass is 28.3. The molecule has 8 heteroatoms. The van der Waals surface area contributed by atoms with Crippen LogP contribution in [0.3, 0.4) is 0 Å². The molecule has 0 bridgehead atoms. The summed E-state index contributed by atoms with van der Waals surface area (Å²) >= 11 is 0. The van der Waals surface area contributed by atoms with Crippen LogP contribution < -0.4 is 0 Å². The standard InChI is InChI=1S/C9H15F7Si/c1-6(2)5-17(3,4)9(15,16)7(10,11)8(12,13)14/h6H,5H2,1-4H3. The van der Waals surface area contributed by atoms with E-state index in [4.69, 9.17) is 0 Å². The molecule has 0 aromatic carbocycles. The molecule has 0 heterocycles. The van der Waals surface area contributed by atoms with Gasteiger partial charge < -0.3 is 0 Å².